The van der Waals surface area contributed by atoms with Crippen LogP contribution < -0.4 is 11.1 Å². The zero-order chi connectivity index (χ0) is 12.8. The van der Waals surface area contributed by atoms with Gasteiger partial charge in [-0.25, -0.2) is 0 Å². The van der Waals surface area contributed by atoms with Crippen molar-refractivity contribution in [2.75, 3.05) is 12.3 Å². The lowest BCUT2D eigenvalue weighted by Crippen LogP contribution is -2.27. The maximum atomic E-state index is 11.7. The summed E-state index contributed by atoms with van der Waals surface area (Å²) in [5.41, 5.74) is 6.19. The summed E-state index contributed by atoms with van der Waals surface area (Å²) in [6, 6.07) is 4.22. The molecule has 5 N–H and O–H groups in total. The van der Waals surface area contributed by atoms with Crippen LogP contribution in [0.15, 0.2) is 18.2 Å². The van der Waals surface area contributed by atoms with E-state index in [4.69, 9.17) is 5.73 Å². The Kier molecular flexibility index (Phi) is 4.78. The molecule has 1 unspecified atom stereocenters. The average molecular weight is 238 g/mol. The zero-order valence-corrected chi connectivity index (χ0v) is 9.81. The Morgan fingerprint density at radius 3 is 2.88 bits per heavy atom. The highest BCUT2D eigenvalue weighted by Crippen LogP contribution is 2.18. The molecule has 94 valence electrons. The van der Waals surface area contributed by atoms with Crippen molar-refractivity contribution in [3.05, 3.63) is 23.8 Å². The maximum Gasteiger partial charge on any atom is 0.253 e. The number of hydrogen-bond acceptors (Lipinski definition) is 4. The maximum absolute atomic E-state index is 11.7. The highest BCUT2D eigenvalue weighted by Gasteiger charge is 2.10. The second-order valence-corrected chi connectivity index (χ2v) is 3.88. The number of phenols is 1. The molecule has 0 aliphatic heterocycles. The number of phenolic OH excluding ortho intramolecular Hbond substituents is 1. The summed E-state index contributed by atoms with van der Waals surface area (Å²) >= 11 is 0. The summed E-state index contributed by atoms with van der Waals surface area (Å²) in [4.78, 5) is 11.7. The molecule has 1 amide bonds. The van der Waals surface area contributed by atoms with Gasteiger partial charge in [0.05, 0.1) is 11.7 Å². The van der Waals surface area contributed by atoms with Crippen LogP contribution in [0.5, 0.6) is 5.75 Å². The van der Waals surface area contributed by atoms with E-state index in [1.54, 1.807) is 0 Å². The van der Waals surface area contributed by atoms with Gasteiger partial charge in [-0.1, -0.05) is 6.92 Å². The highest BCUT2D eigenvalue weighted by molar-refractivity contribution is 5.99. The molecule has 17 heavy (non-hydrogen) atoms. The molecule has 1 rings (SSSR count). The average Bonchev–Trinajstić information content (AvgIpc) is 2.31. The molecule has 0 fully saturated rings. The molecular formula is C12H18N2O3. The van der Waals surface area contributed by atoms with E-state index in [-0.39, 0.29) is 17.2 Å². The SMILES string of the molecule is CCC(O)CCNC(=O)c1cc(O)ccc1N. The van der Waals surface area contributed by atoms with Gasteiger partial charge in [0, 0.05) is 12.2 Å². The number of benzene rings is 1. The molecule has 5 heteroatoms. The molecule has 1 atom stereocenters. The van der Waals surface area contributed by atoms with Gasteiger partial charge in [-0.15, -0.1) is 0 Å². The lowest BCUT2D eigenvalue weighted by Gasteiger charge is -2.10. The number of carbonyl (C=O) groups is 1. The fourth-order valence-electron chi connectivity index (χ4n) is 1.39. The normalized spacial score (nSPS) is 12.1. The number of aliphatic hydroxyl groups excluding tert-OH is 1. The van der Waals surface area contributed by atoms with Crippen molar-refractivity contribution in [1.82, 2.24) is 5.32 Å². The van der Waals surface area contributed by atoms with Crippen LogP contribution in [0.4, 0.5) is 5.69 Å². The van der Waals surface area contributed by atoms with Gasteiger partial charge in [0.15, 0.2) is 0 Å². The highest BCUT2D eigenvalue weighted by atomic mass is 16.3. The molecule has 1 aromatic rings. The van der Waals surface area contributed by atoms with Gasteiger partial charge in [-0.3, -0.25) is 4.79 Å². The number of aliphatic hydroxyl groups is 1. The number of nitrogens with two attached hydrogens (primary N) is 1. The van der Waals surface area contributed by atoms with Crippen LogP contribution in [-0.2, 0) is 0 Å². The number of anilines is 1. The van der Waals surface area contributed by atoms with Gasteiger partial charge in [-0.05, 0) is 31.0 Å². The molecule has 0 heterocycles. The first-order valence-corrected chi connectivity index (χ1v) is 5.59. The summed E-state index contributed by atoms with van der Waals surface area (Å²) in [6.45, 7) is 2.25. The van der Waals surface area contributed by atoms with E-state index < -0.39 is 6.10 Å². The number of aromatic hydroxyl groups is 1. The largest absolute Gasteiger partial charge is 0.508 e. The number of nitrogens with one attached hydrogen (secondary N) is 1. The van der Waals surface area contributed by atoms with Crippen LogP contribution in [0.2, 0.25) is 0 Å². The van der Waals surface area contributed by atoms with Crippen molar-refractivity contribution in [2.45, 2.75) is 25.9 Å². The third-order valence-corrected chi connectivity index (χ3v) is 2.52. The van der Waals surface area contributed by atoms with Crippen LogP contribution in [0.1, 0.15) is 30.1 Å². The fraction of sp³-hybridized carbons (Fsp3) is 0.417. The first kappa shape index (κ1) is 13.3. The van der Waals surface area contributed by atoms with Crippen LogP contribution in [0.3, 0.4) is 0 Å². The third-order valence-electron chi connectivity index (χ3n) is 2.52. The quantitative estimate of drug-likeness (QED) is 0.452. The Labute approximate surface area is 100 Å². The van der Waals surface area contributed by atoms with Gasteiger partial charge >= 0.3 is 0 Å². The molecule has 1 aromatic carbocycles. The second-order valence-electron chi connectivity index (χ2n) is 3.88. The van der Waals surface area contributed by atoms with Crippen molar-refractivity contribution in [2.24, 2.45) is 0 Å². The number of hydrogen-bond donors (Lipinski definition) is 4. The summed E-state index contributed by atoms with van der Waals surface area (Å²) in [7, 11) is 0. The molecule has 0 aromatic heterocycles. The molecule has 0 saturated heterocycles. The smallest absolute Gasteiger partial charge is 0.253 e. The fourth-order valence-corrected chi connectivity index (χ4v) is 1.39. The lowest BCUT2D eigenvalue weighted by molar-refractivity contribution is 0.0942. The Bertz CT molecular complexity index is 393. The van der Waals surface area contributed by atoms with E-state index in [9.17, 15) is 15.0 Å². The number of amides is 1. The van der Waals surface area contributed by atoms with E-state index in [0.717, 1.165) is 0 Å². The molecule has 0 aliphatic carbocycles. The van der Waals surface area contributed by atoms with Crippen molar-refractivity contribution in [3.8, 4) is 5.75 Å². The summed E-state index contributed by atoms with van der Waals surface area (Å²) in [5.74, 6) is -0.348. The summed E-state index contributed by atoms with van der Waals surface area (Å²) in [6.07, 6.45) is 0.752. The minimum absolute atomic E-state index is 0.00190. The number of carbonyl (C=O) groups excluding carboxylic acids is 1. The van der Waals surface area contributed by atoms with E-state index >= 15 is 0 Å². The Morgan fingerprint density at radius 1 is 1.53 bits per heavy atom. The topological polar surface area (TPSA) is 95.6 Å². The van der Waals surface area contributed by atoms with Gasteiger partial charge in [0.25, 0.3) is 5.91 Å². The Hall–Kier alpha value is -1.75. The summed E-state index contributed by atoms with van der Waals surface area (Å²) in [5, 5.41) is 21.2. The van der Waals surface area contributed by atoms with E-state index in [1.807, 2.05) is 6.92 Å². The van der Waals surface area contributed by atoms with Crippen LogP contribution >= 0.6 is 0 Å². The molecular weight excluding hydrogens is 220 g/mol. The molecule has 0 spiro atoms. The number of nitrogen functional groups attached to an aromatic ring is 1. The Balaban J connectivity index is 2.55. The van der Waals surface area contributed by atoms with Gasteiger partial charge in [0.2, 0.25) is 0 Å². The van der Waals surface area contributed by atoms with Gasteiger partial charge in [0.1, 0.15) is 5.75 Å². The van der Waals surface area contributed by atoms with Crippen LogP contribution in [0.25, 0.3) is 0 Å². The zero-order valence-electron chi connectivity index (χ0n) is 9.81. The number of rotatable bonds is 5. The van der Waals surface area contributed by atoms with Crippen molar-refractivity contribution in [3.63, 3.8) is 0 Å². The minimum Gasteiger partial charge on any atom is -0.508 e. The first-order valence-electron chi connectivity index (χ1n) is 5.59. The second kappa shape index (κ2) is 6.10. The molecule has 5 nitrogen and oxygen atoms in total. The molecule has 0 radical (unpaired) electrons. The third kappa shape index (κ3) is 3.96. The van der Waals surface area contributed by atoms with E-state index in [1.165, 1.54) is 18.2 Å². The Morgan fingerprint density at radius 2 is 2.24 bits per heavy atom. The predicted octanol–water partition coefficient (Wildman–Crippen LogP) is 0.865. The van der Waals surface area contributed by atoms with Crippen LogP contribution in [-0.4, -0.2) is 28.8 Å². The van der Waals surface area contributed by atoms with Crippen LogP contribution in [0, 0.1) is 0 Å². The van der Waals surface area contributed by atoms with Crippen molar-refractivity contribution in [1.29, 1.82) is 0 Å². The van der Waals surface area contributed by atoms with E-state index in [0.29, 0.717) is 25.1 Å². The lowest BCUT2D eigenvalue weighted by atomic mass is 10.1. The monoisotopic (exact) mass is 238 g/mol. The molecule has 0 bridgehead atoms. The predicted molar refractivity (Wildman–Crippen MR) is 65.8 cm³/mol. The summed E-state index contributed by atoms with van der Waals surface area (Å²) < 4.78 is 0. The van der Waals surface area contributed by atoms with Gasteiger partial charge < -0.3 is 21.3 Å². The minimum atomic E-state index is -0.406. The standard InChI is InChI=1S/C12H18N2O3/c1-2-8(15)5-6-14-12(17)10-7-9(16)3-4-11(10)13/h3-4,7-8,15-16H,2,5-6,13H2,1H3,(H,14,17). The van der Waals surface area contributed by atoms with Crippen molar-refractivity contribution < 1.29 is 15.0 Å². The van der Waals surface area contributed by atoms with Gasteiger partial charge in [-0.2, -0.15) is 0 Å². The molecule has 0 aliphatic rings. The van der Waals surface area contributed by atoms with E-state index in [2.05, 4.69) is 5.32 Å². The first-order chi connectivity index (χ1) is 8.04. The molecule has 0 saturated carbocycles. The van der Waals surface area contributed by atoms with Crippen molar-refractivity contribution >= 4 is 11.6 Å².